The number of aliphatic hydroxyl groups is 2. The van der Waals surface area contributed by atoms with Crippen LogP contribution in [0.2, 0.25) is 0 Å². The Morgan fingerprint density at radius 1 is 1.39 bits per heavy atom. The Morgan fingerprint density at radius 2 is 1.94 bits per heavy atom. The normalized spacial score (nSPS) is 11.2. The Balaban J connectivity index is 4.61. The smallest absolute Gasteiger partial charge is 0.263 e. The van der Waals surface area contributed by atoms with Gasteiger partial charge in [-0.3, -0.25) is 4.79 Å². The first-order valence-corrected chi connectivity index (χ1v) is 5.91. The van der Waals surface area contributed by atoms with Crippen LogP contribution in [0.4, 0.5) is 0 Å². The average molecular weight is 255 g/mol. The van der Waals surface area contributed by atoms with Crippen molar-refractivity contribution in [2.45, 2.75) is 13.8 Å². The maximum absolute atomic E-state index is 11.7. The number of nitrogens with one attached hydrogen (secondary N) is 1. The Hall–Kier alpha value is -1.58. The number of carbonyl (C=O) groups is 1. The van der Waals surface area contributed by atoms with Crippen LogP contribution in [0.5, 0.6) is 0 Å². The van der Waals surface area contributed by atoms with E-state index in [1.165, 1.54) is 11.1 Å². The second kappa shape index (κ2) is 9.45. The lowest BCUT2D eigenvalue weighted by Crippen LogP contribution is -2.31. The Bertz CT molecular complexity index is 315. The van der Waals surface area contributed by atoms with E-state index < -0.39 is 5.91 Å². The molecule has 0 aliphatic carbocycles. The topological polar surface area (TPSA) is 96.6 Å². The molecule has 0 saturated heterocycles. The third-order valence-corrected chi connectivity index (χ3v) is 2.12. The summed E-state index contributed by atoms with van der Waals surface area (Å²) in [6.45, 7) is 4.73. The van der Waals surface area contributed by atoms with Crippen molar-refractivity contribution in [2.75, 3.05) is 32.8 Å². The van der Waals surface area contributed by atoms with Crippen LogP contribution in [0, 0.1) is 17.2 Å². The minimum atomic E-state index is -0.438. The average Bonchev–Trinajstić information content (AvgIpc) is 2.33. The standard InChI is InChI=1S/C12H21N3O3/c1-10(2)8-14-12(18)11(7-13)9-15(3-5-16)4-6-17/h9-10,16-17H,3-6,8H2,1-2H3,(H,14,18)/b11-9-. The first kappa shape index (κ1) is 16.4. The summed E-state index contributed by atoms with van der Waals surface area (Å²) in [5.74, 6) is -0.132. The van der Waals surface area contributed by atoms with Crippen molar-refractivity contribution in [1.29, 1.82) is 5.26 Å². The number of rotatable bonds is 8. The monoisotopic (exact) mass is 255 g/mol. The quantitative estimate of drug-likeness (QED) is 0.399. The second-order valence-electron chi connectivity index (χ2n) is 4.24. The Kier molecular flexibility index (Phi) is 8.62. The van der Waals surface area contributed by atoms with Gasteiger partial charge >= 0.3 is 0 Å². The van der Waals surface area contributed by atoms with Crippen LogP contribution in [-0.2, 0) is 4.79 Å². The largest absolute Gasteiger partial charge is 0.395 e. The van der Waals surface area contributed by atoms with Crippen molar-refractivity contribution in [3.63, 3.8) is 0 Å². The number of nitriles is 1. The first-order chi connectivity index (χ1) is 8.54. The summed E-state index contributed by atoms with van der Waals surface area (Å²) in [5.41, 5.74) is -0.0300. The van der Waals surface area contributed by atoms with Gasteiger partial charge in [-0.25, -0.2) is 0 Å². The maximum Gasteiger partial charge on any atom is 0.263 e. The predicted molar refractivity (Wildman–Crippen MR) is 67.3 cm³/mol. The Labute approximate surface area is 108 Å². The molecule has 102 valence electrons. The van der Waals surface area contributed by atoms with E-state index in [1.54, 1.807) is 0 Å². The van der Waals surface area contributed by atoms with E-state index in [0.29, 0.717) is 12.5 Å². The lowest BCUT2D eigenvalue weighted by molar-refractivity contribution is -0.117. The van der Waals surface area contributed by atoms with Crippen LogP contribution >= 0.6 is 0 Å². The van der Waals surface area contributed by atoms with Gasteiger partial charge < -0.3 is 20.4 Å². The summed E-state index contributed by atoms with van der Waals surface area (Å²) < 4.78 is 0. The molecule has 0 spiro atoms. The van der Waals surface area contributed by atoms with Crippen LogP contribution < -0.4 is 5.32 Å². The highest BCUT2D eigenvalue weighted by Crippen LogP contribution is 1.99. The summed E-state index contributed by atoms with van der Waals surface area (Å²) in [5, 5.41) is 29.2. The molecule has 0 fully saturated rings. The highest BCUT2D eigenvalue weighted by Gasteiger charge is 2.11. The van der Waals surface area contributed by atoms with Gasteiger partial charge in [0, 0.05) is 25.8 Å². The third kappa shape index (κ3) is 6.89. The lowest BCUT2D eigenvalue weighted by Gasteiger charge is -2.18. The number of amides is 1. The van der Waals surface area contributed by atoms with Gasteiger partial charge in [0.1, 0.15) is 11.6 Å². The first-order valence-electron chi connectivity index (χ1n) is 5.91. The molecule has 1 amide bonds. The van der Waals surface area contributed by atoms with Crippen molar-refractivity contribution >= 4 is 5.91 Å². The fourth-order valence-corrected chi connectivity index (χ4v) is 1.21. The molecule has 0 unspecified atom stereocenters. The van der Waals surface area contributed by atoms with E-state index in [0.717, 1.165) is 0 Å². The number of hydrogen-bond donors (Lipinski definition) is 3. The van der Waals surface area contributed by atoms with Gasteiger partial charge in [-0.15, -0.1) is 0 Å². The van der Waals surface area contributed by atoms with Crippen LogP contribution in [0.15, 0.2) is 11.8 Å². The van der Waals surface area contributed by atoms with Gasteiger partial charge in [0.2, 0.25) is 0 Å². The molecule has 0 aliphatic heterocycles. The molecule has 6 nitrogen and oxygen atoms in total. The van der Waals surface area contributed by atoms with Crippen LogP contribution in [-0.4, -0.2) is 53.9 Å². The van der Waals surface area contributed by atoms with E-state index in [4.69, 9.17) is 15.5 Å². The number of nitrogens with zero attached hydrogens (tertiary/aromatic N) is 2. The molecule has 3 N–H and O–H groups in total. The highest BCUT2D eigenvalue weighted by molar-refractivity contribution is 5.97. The lowest BCUT2D eigenvalue weighted by atomic mass is 10.2. The molecule has 0 aromatic carbocycles. The zero-order valence-electron chi connectivity index (χ0n) is 10.9. The van der Waals surface area contributed by atoms with Gasteiger partial charge in [0.05, 0.1) is 13.2 Å². The van der Waals surface area contributed by atoms with Gasteiger partial charge in [-0.2, -0.15) is 5.26 Å². The minimum absolute atomic E-state index is 0.0300. The minimum Gasteiger partial charge on any atom is -0.395 e. The number of carbonyl (C=O) groups excluding carboxylic acids is 1. The molecule has 18 heavy (non-hydrogen) atoms. The fraction of sp³-hybridized carbons (Fsp3) is 0.667. The van der Waals surface area contributed by atoms with E-state index in [2.05, 4.69) is 5.32 Å². The van der Waals surface area contributed by atoms with Crippen molar-refractivity contribution < 1.29 is 15.0 Å². The second-order valence-corrected chi connectivity index (χ2v) is 4.24. The Morgan fingerprint density at radius 3 is 2.33 bits per heavy atom. The van der Waals surface area contributed by atoms with Gasteiger partial charge in [-0.05, 0) is 5.92 Å². The van der Waals surface area contributed by atoms with Crippen molar-refractivity contribution in [2.24, 2.45) is 5.92 Å². The molecule has 6 heteroatoms. The molecule has 0 rings (SSSR count). The summed E-state index contributed by atoms with van der Waals surface area (Å²) in [7, 11) is 0. The molecular formula is C12H21N3O3. The van der Waals surface area contributed by atoms with Crippen molar-refractivity contribution in [3.8, 4) is 6.07 Å². The zero-order valence-corrected chi connectivity index (χ0v) is 10.9. The summed E-state index contributed by atoms with van der Waals surface area (Å²) >= 11 is 0. The van der Waals surface area contributed by atoms with Crippen LogP contribution in [0.3, 0.4) is 0 Å². The molecule has 0 atom stereocenters. The van der Waals surface area contributed by atoms with E-state index in [-0.39, 0.29) is 31.9 Å². The number of hydrogen-bond acceptors (Lipinski definition) is 5. The molecule has 0 aromatic heterocycles. The third-order valence-electron chi connectivity index (χ3n) is 2.12. The fourth-order valence-electron chi connectivity index (χ4n) is 1.21. The van der Waals surface area contributed by atoms with Crippen molar-refractivity contribution in [1.82, 2.24) is 10.2 Å². The van der Waals surface area contributed by atoms with E-state index in [9.17, 15) is 4.79 Å². The molecule has 0 bridgehead atoms. The molecule has 0 heterocycles. The summed E-state index contributed by atoms with van der Waals surface area (Å²) in [4.78, 5) is 13.2. The van der Waals surface area contributed by atoms with Gasteiger partial charge in [0.15, 0.2) is 0 Å². The van der Waals surface area contributed by atoms with Gasteiger partial charge in [0.25, 0.3) is 5.91 Å². The van der Waals surface area contributed by atoms with E-state index in [1.807, 2.05) is 19.9 Å². The molecule has 0 aromatic rings. The summed E-state index contributed by atoms with van der Waals surface area (Å²) in [6, 6.07) is 1.82. The predicted octanol–water partition coefficient (Wildman–Crippen LogP) is -0.547. The maximum atomic E-state index is 11.7. The number of aliphatic hydroxyl groups excluding tert-OH is 2. The highest BCUT2D eigenvalue weighted by atomic mass is 16.3. The molecule has 0 radical (unpaired) electrons. The molecule has 0 aliphatic rings. The van der Waals surface area contributed by atoms with Crippen LogP contribution in [0.25, 0.3) is 0 Å². The zero-order chi connectivity index (χ0) is 14.0. The molecular weight excluding hydrogens is 234 g/mol. The van der Waals surface area contributed by atoms with Crippen molar-refractivity contribution in [3.05, 3.63) is 11.8 Å². The summed E-state index contributed by atoms with van der Waals surface area (Å²) in [6.07, 6.45) is 1.36. The SMILES string of the molecule is CC(C)CNC(=O)/C(C#N)=C\N(CCO)CCO. The molecule has 0 saturated carbocycles. The van der Waals surface area contributed by atoms with Gasteiger partial charge in [-0.1, -0.05) is 13.8 Å². The van der Waals surface area contributed by atoms with E-state index >= 15 is 0 Å². The van der Waals surface area contributed by atoms with Crippen LogP contribution in [0.1, 0.15) is 13.8 Å².